The van der Waals surface area contributed by atoms with Crippen LogP contribution in [0.5, 0.6) is 0 Å². The summed E-state index contributed by atoms with van der Waals surface area (Å²) in [4.78, 5) is 2.31. The van der Waals surface area contributed by atoms with Gasteiger partial charge in [-0.3, -0.25) is 0 Å². The average Bonchev–Trinajstić information content (AvgIpc) is 2.81. The van der Waals surface area contributed by atoms with Gasteiger partial charge in [0.05, 0.1) is 0 Å². The summed E-state index contributed by atoms with van der Waals surface area (Å²) < 4.78 is 0. The highest BCUT2D eigenvalue weighted by molar-refractivity contribution is 6.32. The molecule has 0 unspecified atom stereocenters. The van der Waals surface area contributed by atoms with Crippen LogP contribution in [-0.4, -0.2) is 7.85 Å². The van der Waals surface area contributed by atoms with Crippen LogP contribution in [0.3, 0.4) is 0 Å². The van der Waals surface area contributed by atoms with Gasteiger partial charge in [0.25, 0.3) is 0 Å². The van der Waals surface area contributed by atoms with Crippen LogP contribution in [-0.2, 0) is 0 Å². The Hall–Kier alpha value is -3.78. The van der Waals surface area contributed by atoms with Crippen molar-refractivity contribution < 1.29 is 0 Å². The van der Waals surface area contributed by atoms with Gasteiger partial charge in [0, 0.05) is 17.1 Å². The number of rotatable bonds is 4. The Kier molecular flexibility index (Phi) is 4.82. The number of hydrogen-bond donors (Lipinski definition) is 0. The molecule has 2 heteroatoms. The van der Waals surface area contributed by atoms with Crippen LogP contribution >= 0.6 is 0 Å². The molecule has 0 aliphatic rings. The van der Waals surface area contributed by atoms with E-state index in [1.54, 1.807) is 0 Å². The fraction of sp³-hybridized carbons (Fsp3) is 0. The minimum atomic E-state index is 1.15. The maximum atomic E-state index is 2.31. The summed E-state index contributed by atoms with van der Waals surface area (Å²) in [6.45, 7) is 0. The molecule has 0 aliphatic heterocycles. The fourth-order valence-corrected chi connectivity index (χ4v) is 3.90. The summed E-state index contributed by atoms with van der Waals surface area (Å²) in [6.07, 6.45) is 0. The smallest absolute Gasteiger partial charge is 0.139 e. The predicted molar refractivity (Wildman–Crippen MR) is 132 cm³/mol. The van der Waals surface area contributed by atoms with Crippen LogP contribution in [0.15, 0.2) is 121 Å². The van der Waals surface area contributed by atoms with E-state index in [0.29, 0.717) is 0 Å². The molecule has 1 nitrogen and oxygen atoms in total. The lowest BCUT2D eigenvalue weighted by Crippen LogP contribution is -2.11. The zero-order chi connectivity index (χ0) is 20.3. The van der Waals surface area contributed by atoms with Gasteiger partial charge in [-0.1, -0.05) is 84.3 Å². The number of fused-ring (bicyclic) bond motifs is 1. The Bertz CT molecular complexity index is 1280. The molecular weight excluding hydrogens is 361 g/mol. The van der Waals surface area contributed by atoms with Gasteiger partial charge in [-0.15, -0.1) is 0 Å². The van der Waals surface area contributed by atoms with Gasteiger partial charge in [0.15, 0.2) is 0 Å². The zero-order valence-electron chi connectivity index (χ0n) is 17.0. The van der Waals surface area contributed by atoms with Crippen molar-refractivity contribution >= 4 is 41.1 Å². The maximum absolute atomic E-state index is 2.31. The van der Waals surface area contributed by atoms with Gasteiger partial charge >= 0.3 is 0 Å². The highest BCUT2D eigenvalue weighted by atomic mass is 15.1. The molecule has 5 rings (SSSR count). The summed E-state index contributed by atoms with van der Waals surface area (Å²) in [5, 5.41) is 2.48. The quantitative estimate of drug-likeness (QED) is 0.332. The fourth-order valence-electron chi connectivity index (χ4n) is 3.90. The third-order valence-corrected chi connectivity index (χ3v) is 5.50. The highest BCUT2D eigenvalue weighted by Gasteiger charge is 2.12. The van der Waals surface area contributed by atoms with E-state index in [4.69, 9.17) is 0 Å². The Labute approximate surface area is 178 Å². The predicted octanol–water partition coefficient (Wildman–Crippen LogP) is 6.24. The largest absolute Gasteiger partial charge is 0.310 e. The molecule has 0 saturated carbocycles. The first-order valence-electron chi connectivity index (χ1n) is 10.3. The van der Waals surface area contributed by atoms with E-state index in [9.17, 15) is 0 Å². The van der Waals surface area contributed by atoms with Crippen molar-refractivity contribution in [3.63, 3.8) is 0 Å². The van der Waals surface area contributed by atoms with E-state index < -0.39 is 0 Å². The zero-order valence-corrected chi connectivity index (χ0v) is 17.0. The molecule has 5 aromatic carbocycles. The molecule has 142 valence electrons. The van der Waals surface area contributed by atoms with Gasteiger partial charge < -0.3 is 4.90 Å². The highest BCUT2D eigenvalue weighted by Crippen LogP contribution is 2.36. The third kappa shape index (κ3) is 3.60. The van der Waals surface area contributed by atoms with Crippen molar-refractivity contribution in [2.45, 2.75) is 0 Å². The van der Waals surface area contributed by atoms with Crippen LogP contribution in [0.25, 0.3) is 21.9 Å². The number of hydrogen-bond acceptors (Lipinski definition) is 1. The third-order valence-electron chi connectivity index (χ3n) is 5.50. The SMILES string of the molecule is Bc1ccc(N(c2ccccc2)c2ccc3cc(-c4ccccc4)ccc3c2)cc1. The van der Waals surface area contributed by atoms with E-state index >= 15 is 0 Å². The number of nitrogens with zero attached hydrogens (tertiary/aromatic N) is 1. The van der Waals surface area contributed by atoms with Crippen molar-refractivity contribution in [2.24, 2.45) is 0 Å². The first kappa shape index (κ1) is 18.3. The molecule has 0 radical (unpaired) electrons. The Morgan fingerprint density at radius 1 is 0.433 bits per heavy atom. The Balaban J connectivity index is 1.60. The topological polar surface area (TPSA) is 3.24 Å². The van der Waals surface area contributed by atoms with Crippen LogP contribution in [0.1, 0.15) is 0 Å². The Morgan fingerprint density at radius 2 is 1.00 bits per heavy atom. The summed E-state index contributed by atoms with van der Waals surface area (Å²) in [6, 6.07) is 43.2. The van der Waals surface area contributed by atoms with Gasteiger partial charge in [-0.2, -0.15) is 0 Å². The number of para-hydroxylation sites is 1. The Morgan fingerprint density at radius 3 is 1.73 bits per heavy atom. The van der Waals surface area contributed by atoms with Gasteiger partial charge in [0.1, 0.15) is 7.85 Å². The summed E-state index contributed by atoms with van der Waals surface area (Å²) in [7, 11) is 2.12. The molecule has 0 heterocycles. The molecule has 0 saturated heterocycles. The first-order chi connectivity index (χ1) is 14.8. The monoisotopic (exact) mass is 383 g/mol. The first-order valence-corrected chi connectivity index (χ1v) is 10.3. The second kappa shape index (κ2) is 7.92. The normalized spacial score (nSPS) is 10.8. The lowest BCUT2D eigenvalue weighted by molar-refractivity contribution is 1.29. The summed E-state index contributed by atoms with van der Waals surface area (Å²) in [5.41, 5.74) is 7.22. The number of anilines is 3. The molecule has 30 heavy (non-hydrogen) atoms. The molecule has 0 bridgehead atoms. The van der Waals surface area contributed by atoms with Crippen LogP contribution in [0.4, 0.5) is 17.1 Å². The minimum Gasteiger partial charge on any atom is -0.310 e. The van der Waals surface area contributed by atoms with Crippen molar-refractivity contribution in [3.05, 3.63) is 121 Å². The second-order valence-electron chi connectivity index (χ2n) is 7.62. The molecular formula is C28H22BN. The number of benzene rings is 5. The second-order valence-corrected chi connectivity index (χ2v) is 7.62. The minimum absolute atomic E-state index is 1.15. The molecule has 0 spiro atoms. The molecule has 0 aromatic heterocycles. The summed E-state index contributed by atoms with van der Waals surface area (Å²) >= 11 is 0. The van der Waals surface area contributed by atoms with Crippen molar-refractivity contribution in [1.29, 1.82) is 0 Å². The molecule has 0 aliphatic carbocycles. The van der Waals surface area contributed by atoms with Crippen molar-refractivity contribution in [2.75, 3.05) is 4.90 Å². The van der Waals surface area contributed by atoms with Gasteiger partial charge in [-0.25, -0.2) is 0 Å². The molecule has 0 N–H and O–H groups in total. The van der Waals surface area contributed by atoms with Crippen LogP contribution < -0.4 is 10.4 Å². The van der Waals surface area contributed by atoms with Crippen molar-refractivity contribution in [3.8, 4) is 11.1 Å². The van der Waals surface area contributed by atoms with E-state index in [0.717, 1.165) is 17.1 Å². The van der Waals surface area contributed by atoms with Crippen LogP contribution in [0.2, 0.25) is 0 Å². The lowest BCUT2D eigenvalue weighted by atomic mass is 9.96. The van der Waals surface area contributed by atoms with E-state index in [1.165, 1.54) is 27.4 Å². The average molecular weight is 383 g/mol. The molecule has 0 amide bonds. The van der Waals surface area contributed by atoms with E-state index in [1.807, 2.05) is 0 Å². The lowest BCUT2D eigenvalue weighted by Gasteiger charge is -2.26. The molecule has 0 fully saturated rings. The van der Waals surface area contributed by atoms with E-state index in [-0.39, 0.29) is 0 Å². The molecule has 5 aromatic rings. The maximum Gasteiger partial charge on any atom is 0.139 e. The molecule has 0 atom stereocenters. The van der Waals surface area contributed by atoms with Crippen LogP contribution in [0, 0.1) is 0 Å². The van der Waals surface area contributed by atoms with Crippen molar-refractivity contribution in [1.82, 2.24) is 0 Å². The van der Waals surface area contributed by atoms with Gasteiger partial charge in [-0.05, 0) is 64.4 Å². The standard InChI is InChI=1S/C28H22BN/c29-25-14-17-27(18-15-25)30(26-9-5-2-6-10-26)28-16-13-23-19-22(11-12-24(23)20-28)21-7-3-1-4-8-21/h1-20H,29H2. The summed E-state index contributed by atoms with van der Waals surface area (Å²) in [5.74, 6) is 0. The van der Waals surface area contributed by atoms with Gasteiger partial charge in [0.2, 0.25) is 0 Å². The van der Waals surface area contributed by atoms with E-state index in [2.05, 4.69) is 134 Å².